The number of hydrogen-bond donors (Lipinski definition) is 1. The minimum atomic E-state index is -0.994. The van der Waals surface area contributed by atoms with Crippen LogP contribution in [0.1, 0.15) is 39.1 Å². The zero-order chi connectivity index (χ0) is 13.8. The van der Waals surface area contributed by atoms with Crippen LogP contribution in [0.25, 0.3) is 0 Å². The Morgan fingerprint density at radius 3 is 2.74 bits per heavy atom. The Morgan fingerprint density at radius 1 is 1.47 bits per heavy atom. The van der Waals surface area contributed by atoms with Crippen molar-refractivity contribution in [3.8, 4) is 0 Å². The van der Waals surface area contributed by atoms with E-state index in [1.54, 1.807) is 11.0 Å². The van der Waals surface area contributed by atoms with Gasteiger partial charge in [0.15, 0.2) is 0 Å². The lowest BCUT2D eigenvalue weighted by molar-refractivity contribution is 0.0543. The molecular weight excluding hydrogens is 266 g/mol. The zero-order valence-corrected chi connectivity index (χ0v) is 11.6. The van der Waals surface area contributed by atoms with E-state index in [2.05, 4.69) is 0 Å². The van der Waals surface area contributed by atoms with Gasteiger partial charge in [0, 0.05) is 19.7 Å². The monoisotopic (exact) mass is 283 g/mol. The molecule has 0 bridgehead atoms. The third-order valence-electron chi connectivity index (χ3n) is 3.14. The van der Waals surface area contributed by atoms with Crippen LogP contribution in [-0.4, -0.2) is 47.7 Å². The predicted octanol–water partition coefficient (Wildman–Crippen LogP) is 2.09. The second-order valence-corrected chi connectivity index (χ2v) is 5.53. The van der Waals surface area contributed by atoms with Gasteiger partial charge in [0.05, 0.1) is 11.0 Å². The molecule has 0 spiro atoms. The summed E-state index contributed by atoms with van der Waals surface area (Å²) < 4.78 is 5.53. The predicted molar refractivity (Wildman–Crippen MR) is 71.8 cm³/mol. The van der Waals surface area contributed by atoms with Crippen molar-refractivity contribution in [2.75, 3.05) is 19.7 Å². The average Bonchev–Trinajstić information content (AvgIpc) is 3.06. The number of ether oxygens (including phenoxy) is 1. The number of aromatic carboxylic acids is 1. The molecule has 2 rings (SSSR count). The molecular formula is C13H17NO4S. The van der Waals surface area contributed by atoms with Crippen LogP contribution in [0.4, 0.5) is 0 Å². The average molecular weight is 283 g/mol. The van der Waals surface area contributed by atoms with Crippen LogP contribution in [0, 0.1) is 0 Å². The number of amides is 1. The molecule has 1 saturated heterocycles. The van der Waals surface area contributed by atoms with Crippen molar-refractivity contribution in [1.29, 1.82) is 0 Å². The van der Waals surface area contributed by atoms with Gasteiger partial charge in [-0.25, -0.2) is 4.79 Å². The van der Waals surface area contributed by atoms with Gasteiger partial charge in [-0.1, -0.05) is 0 Å². The highest BCUT2D eigenvalue weighted by atomic mass is 32.1. The fraction of sp³-hybridized carbons (Fsp3) is 0.538. The van der Waals surface area contributed by atoms with Crippen molar-refractivity contribution in [1.82, 2.24) is 4.90 Å². The van der Waals surface area contributed by atoms with Gasteiger partial charge in [-0.3, -0.25) is 4.79 Å². The van der Waals surface area contributed by atoms with Crippen LogP contribution in [0.3, 0.4) is 0 Å². The molecule has 1 N–H and O–H groups in total. The molecule has 1 fully saturated rings. The van der Waals surface area contributed by atoms with E-state index >= 15 is 0 Å². The maximum Gasteiger partial charge on any atom is 0.345 e. The van der Waals surface area contributed by atoms with Crippen LogP contribution in [0.5, 0.6) is 0 Å². The minimum Gasteiger partial charge on any atom is -0.477 e. The maximum absolute atomic E-state index is 12.3. The lowest BCUT2D eigenvalue weighted by Gasteiger charge is -2.23. The maximum atomic E-state index is 12.3. The van der Waals surface area contributed by atoms with Crippen molar-refractivity contribution < 1.29 is 19.4 Å². The second-order valence-electron chi connectivity index (χ2n) is 4.45. The van der Waals surface area contributed by atoms with Crippen LogP contribution in [0.15, 0.2) is 12.1 Å². The van der Waals surface area contributed by atoms with Gasteiger partial charge in [0.2, 0.25) is 0 Å². The van der Waals surface area contributed by atoms with Crippen molar-refractivity contribution in [3.05, 3.63) is 21.9 Å². The quantitative estimate of drug-likeness (QED) is 0.898. The van der Waals surface area contributed by atoms with Crippen molar-refractivity contribution >= 4 is 23.2 Å². The molecule has 104 valence electrons. The third-order valence-corrected chi connectivity index (χ3v) is 4.21. The van der Waals surface area contributed by atoms with E-state index < -0.39 is 5.97 Å². The normalized spacial score (nSPS) is 18.5. The number of thiophene rings is 1. The molecule has 5 nitrogen and oxygen atoms in total. The Kier molecular flexibility index (Phi) is 4.55. The van der Waals surface area contributed by atoms with E-state index in [1.807, 2.05) is 6.92 Å². The summed E-state index contributed by atoms with van der Waals surface area (Å²) in [5, 5.41) is 8.87. The van der Waals surface area contributed by atoms with E-state index in [0.717, 1.165) is 30.8 Å². The first-order chi connectivity index (χ1) is 9.11. The summed E-state index contributed by atoms with van der Waals surface area (Å²) in [6, 6.07) is 3.05. The van der Waals surface area contributed by atoms with Gasteiger partial charge in [-0.2, -0.15) is 0 Å². The van der Waals surface area contributed by atoms with Crippen molar-refractivity contribution in [2.45, 2.75) is 25.9 Å². The van der Waals surface area contributed by atoms with Crippen LogP contribution in [-0.2, 0) is 4.74 Å². The molecule has 19 heavy (non-hydrogen) atoms. The molecule has 1 aromatic heterocycles. The minimum absolute atomic E-state index is 0.114. The number of likely N-dealkylation sites (N-methyl/N-ethyl adjacent to an activating group) is 1. The number of hydrogen-bond acceptors (Lipinski definition) is 4. The molecule has 1 aliphatic heterocycles. The van der Waals surface area contributed by atoms with Gasteiger partial charge in [-0.05, 0) is 31.9 Å². The van der Waals surface area contributed by atoms with Gasteiger partial charge in [-0.15, -0.1) is 11.3 Å². The lowest BCUT2D eigenvalue weighted by atomic mass is 10.2. The molecule has 0 radical (unpaired) electrons. The first kappa shape index (κ1) is 14.0. The first-order valence-corrected chi connectivity index (χ1v) is 7.17. The molecule has 6 heteroatoms. The Labute approximate surface area is 115 Å². The number of carboxylic acid groups (broad SMARTS) is 1. The fourth-order valence-corrected chi connectivity index (χ4v) is 2.93. The Balaban J connectivity index is 2.04. The topological polar surface area (TPSA) is 66.8 Å². The summed E-state index contributed by atoms with van der Waals surface area (Å²) in [5.41, 5.74) is 0. The molecule has 1 aromatic rings. The van der Waals surface area contributed by atoms with Gasteiger partial charge in [0.1, 0.15) is 4.88 Å². The molecule has 0 aromatic carbocycles. The largest absolute Gasteiger partial charge is 0.477 e. The Bertz CT molecular complexity index is 465. The summed E-state index contributed by atoms with van der Waals surface area (Å²) >= 11 is 1.02. The molecule has 0 unspecified atom stereocenters. The highest BCUT2D eigenvalue weighted by molar-refractivity contribution is 7.15. The zero-order valence-electron chi connectivity index (χ0n) is 10.8. The number of rotatable bonds is 5. The second kappa shape index (κ2) is 6.16. The first-order valence-electron chi connectivity index (χ1n) is 6.35. The highest BCUT2D eigenvalue weighted by Gasteiger charge is 2.23. The summed E-state index contributed by atoms with van der Waals surface area (Å²) in [4.78, 5) is 25.5. The summed E-state index contributed by atoms with van der Waals surface area (Å²) in [6.45, 7) is 3.85. The third kappa shape index (κ3) is 3.33. The number of carbonyl (C=O) groups excluding carboxylic acids is 1. The molecule has 2 heterocycles. The van der Waals surface area contributed by atoms with Crippen molar-refractivity contribution in [3.63, 3.8) is 0 Å². The Morgan fingerprint density at radius 2 is 2.21 bits per heavy atom. The van der Waals surface area contributed by atoms with E-state index in [0.29, 0.717) is 18.0 Å². The lowest BCUT2D eigenvalue weighted by Crippen LogP contribution is -2.36. The van der Waals surface area contributed by atoms with E-state index in [1.165, 1.54) is 6.07 Å². The molecule has 0 saturated carbocycles. The van der Waals surface area contributed by atoms with E-state index in [4.69, 9.17) is 9.84 Å². The Hall–Kier alpha value is -1.40. The van der Waals surface area contributed by atoms with Gasteiger partial charge >= 0.3 is 5.97 Å². The van der Waals surface area contributed by atoms with E-state index in [-0.39, 0.29) is 16.9 Å². The fourth-order valence-electron chi connectivity index (χ4n) is 2.11. The summed E-state index contributed by atoms with van der Waals surface area (Å²) in [5.74, 6) is -1.11. The molecule has 1 aliphatic rings. The standard InChI is InChI=1S/C13H17NO4S/c1-2-14(8-9-4-3-7-18-9)12(15)10-5-6-11(19-10)13(16)17/h5-6,9H,2-4,7-8H2,1H3,(H,16,17)/t9-/m0/s1. The van der Waals surface area contributed by atoms with E-state index in [9.17, 15) is 9.59 Å². The van der Waals surface area contributed by atoms with Gasteiger partial charge in [0.25, 0.3) is 5.91 Å². The SMILES string of the molecule is CCN(C[C@@H]1CCCO1)C(=O)c1ccc(C(=O)O)s1. The molecule has 1 atom stereocenters. The smallest absolute Gasteiger partial charge is 0.345 e. The van der Waals surface area contributed by atoms with Crippen molar-refractivity contribution in [2.24, 2.45) is 0 Å². The number of nitrogens with zero attached hydrogens (tertiary/aromatic N) is 1. The van der Waals surface area contributed by atoms with Crippen LogP contribution < -0.4 is 0 Å². The number of carbonyl (C=O) groups is 2. The van der Waals surface area contributed by atoms with Crippen LogP contribution >= 0.6 is 11.3 Å². The van der Waals surface area contributed by atoms with Gasteiger partial charge < -0.3 is 14.7 Å². The molecule has 1 amide bonds. The summed E-state index contributed by atoms with van der Waals surface area (Å²) in [7, 11) is 0. The number of carboxylic acids is 1. The van der Waals surface area contributed by atoms with Crippen LogP contribution in [0.2, 0.25) is 0 Å². The summed E-state index contributed by atoms with van der Waals surface area (Å²) in [6.07, 6.45) is 2.13. The highest BCUT2D eigenvalue weighted by Crippen LogP contribution is 2.20. The molecule has 0 aliphatic carbocycles.